The zero-order valence-corrected chi connectivity index (χ0v) is 18.9. The number of para-hydroxylation sites is 1. The minimum atomic E-state index is -0.563. The number of carbonyl (C=O) groups is 1. The molecule has 1 N–H and O–H groups in total. The number of carbonyl (C=O) groups excluding carboxylic acids is 1. The van der Waals surface area contributed by atoms with Crippen molar-refractivity contribution in [2.24, 2.45) is 0 Å². The third-order valence-corrected chi connectivity index (χ3v) is 6.66. The van der Waals surface area contributed by atoms with Gasteiger partial charge in [-0.25, -0.2) is 9.37 Å². The van der Waals surface area contributed by atoms with Crippen LogP contribution in [0, 0.1) is 5.82 Å². The van der Waals surface area contributed by atoms with Crippen molar-refractivity contribution in [1.29, 1.82) is 0 Å². The van der Waals surface area contributed by atoms with Crippen LogP contribution in [0.25, 0.3) is 22.1 Å². The Morgan fingerprint density at radius 2 is 2.15 bits per heavy atom. The van der Waals surface area contributed by atoms with Gasteiger partial charge in [0.1, 0.15) is 16.9 Å². The van der Waals surface area contributed by atoms with Crippen LogP contribution in [0.4, 0.5) is 10.1 Å². The van der Waals surface area contributed by atoms with Crippen molar-refractivity contribution in [2.45, 2.75) is 30.6 Å². The highest BCUT2D eigenvalue weighted by Crippen LogP contribution is 2.28. The summed E-state index contributed by atoms with van der Waals surface area (Å²) in [4.78, 5) is 30.5. The van der Waals surface area contributed by atoms with Crippen molar-refractivity contribution in [3.63, 3.8) is 0 Å². The van der Waals surface area contributed by atoms with Gasteiger partial charge in [-0.2, -0.15) is 0 Å². The smallest absolute Gasteiger partial charge is 0.297 e. The van der Waals surface area contributed by atoms with Gasteiger partial charge in [0.2, 0.25) is 11.5 Å². The predicted octanol–water partition coefficient (Wildman–Crippen LogP) is 4.85. The van der Waals surface area contributed by atoms with Crippen molar-refractivity contribution >= 4 is 57.0 Å². The number of thioether (sulfide) groups is 1. The molecule has 2 aromatic carbocycles. The highest BCUT2D eigenvalue weighted by Gasteiger charge is 2.23. The summed E-state index contributed by atoms with van der Waals surface area (Å²) in [5.41, 5.74) is 1.30. The van der Waals surface area contributed by atoms with Crippen LogP contribution in [0.1, 0.15) is 12.8 Å². The Bertz CT molecular complexity index is 1410. The summed E-state index contributed by atoms with van der Waals surface area (Å²) < 4.78 is 26.4. The number of aromatic nitrogens is 2. The Kier molecular flexibility index (Phi) is 6.09. The van der Waals surface area contributed by atoms with E-state index in [9.17, 15) is 14.0 Å². The number of hydrogen-bond donors (Lipinski definition) is 1. The third-order valence-electron chi connectivity index (χ3n) is 5.39. The molecule has 1 amide bonds. The van der Waals surface area contributed by atoms with Gasteiger partial charge in [0.15, 0.2) is 5.16 Å². The summed E-state index contributed by atoms with van der Waals surface area (Å²) in [6.45, 7) is 0.987. The molecule has 33 heavy (non-hydrogen) atoms. The molecule has 10 heteroatoms. The molecule has 1 saturated heterocycles. The van der Waals surface area contributed by atoms with E-state index in [0.29, 0.717) is 35.1 Å². The average Bonchev–Trinajstić information content (AvgIpc) is 3.45. The fraction of sp³-hybridized carbons (Fsp3) is 0.261. The molecule has 5 rings (SSSR count). The molecule has 0 aliphatic carbocycles. The lowest BCUT2D eigenvalue weighted by molar-refractivity contribution is -0.113. The number of amides is 1. The molecule has 0 bridgehead atoms. The highest BCUT2D eigenvalue weighted by atomic mass is 35.5. The van der Waals surface area contributed by atoms with Crippen LogP contribution in [0.5, 0.6) is 0 Å². The third kappa shape index (κ3) is 4.48. The lowest BCUT2D eigenvalue weighted by Crippen LogP contribution is -2.29. The summed E-state index contributed by atoms with van der Waals surface area (Å²) in [7, 11) is 0. The molecule has 0 unspecified atom stereocenters. The van der Waals surface area contributed by atoms with Crippen molar-refractivity contribution in [2.75, 3.05) is 17.7 Å². The molecule has 0 radical (unpaired) electrons. The van der Waals surface area contributed by atoms with Crippen LogP contribution in [-0.2, 0) is 16.1 Å². The van der Waals surface area contributed by atoms with Gasteiger partial charge >= 0.3 is 0 Å². The van der Waals surface area contributed by atoms with Crippen molar-refractivity contribution < 1.29 is 18.3 Å². The molecule has 0 spiro atoms. The van der Waals surface area contributed by atoms with Gasteiger partial charge in [0.25, 0.3) is 5.56 Å². The number of nitrogens with zero attached hydrogens (tertiary/aromatic N) is 2. The minimum Gasteiger partial charge on any atom is -0.448 e. The second-order valence-corrected chi connectivity index (χ2v) is 9.04. The first-order valence-corrected chi connectivity index (χ1v) is 11.8. The second-order valence-electron chi connectivity index (χ2n) is 7.69. The van der Waals surface area contributed by atoms with Crippen LogP contribution >= 0.6 is 23.4 Å². The van der Waals surface area contributed by atoms with Crippen LogP contribution in [0.3, 0.4) is 0 Å². The maximum Gasteiger partial charge on any atom is 0.297 e. The summed E-state index contributed by atoms with van der Waals surface area (Å²) >= 11 is 6.92. The van der Waals surface area contributed by atoms with Crippen LogP contribution in [-0.4, -0.2) is 33.9 Å². The average molecular weight is 488 g/mol. The van der Waals surface area contributed by atoms with E-state index in [0.717, 1.165) is 30.0 Å². The molecule has 3 heterocycles. The molecule has 170 valence electrons. The molecule has 0 saturated carbocycles. The summed E-state index contributed by atoms with van der Waals surface area (Å²) in [6.07, 6.45) is 1.69. The normalized spacial score (nSPS) is 16.0. The fourth-order valence-corrected chi connectivity index (χ4v) is 4.80. The largest absolute Gasteiger partial charge is 0.448 e. The summed E-state index contributed by atoms with van der Waals surface area (Å²) in [5.74, 6) is -0.904. The first-order chi connectivity index (χ1) is 16.0. The van der Waals surface area contributed by atoms with E-state index in [1.165, 1.54) is 22.8 Å². The molecule has 1 fully saturated rings. The quantitative estimate of drug-likeness (QED) is 0.309. The molecule has 1 aliphatic heterocycles. The standard InChI is InChI=1S/C23H19ClFN3O4S/c24-16-10-13(7-8-17(16)25)26-19(29)12-33-23-27-20-15-5-1-2-6-18(15)32-21(20)22(30)28(23)11-14-4-3-9-31-14/h1-2,5-8,10,14H,3-4,9,11-12H2,(H,26,29)/t14-/m0/s1. The maximum atomic E-state index is 13.4. The molecule has 1 atom stereocenters. The molecular formula is C23H19ClFN3O4S. The Hall–Kier alpha value is -2.88. The number of hydrogen-bond acceptors (Lipinski definition) is 6. The van der Waals surface area contributed by atoms with Gasteiger partial charge in [0.05, 0.1) is 23.4 Å². The fourth-order valence-electron chi connectivity index (χ4n) is 3.82. The lowest BCUT2D eigenvalue weighted by Gasteiger charge is -2.15. The van der Waals surface area contributed by atoms with Gasteiger partial charge in [-0.3, -0.25) is 14.2 Å². The van der Waals surface area contributed by atoms with Gasteiger partial charge in [-0.05, 0) is 43.2 Å². The monoisotopic (exact) mass is 487 g/mol. The van der Waals surface area contributed by atoms with E-state index < -0.39 is 5.82 Å². The van der Waals surface area contributed by atoms with Gasteiger partial charge in [-0.15, -0.1) is 0 Å². The lowest BCUT2D eigenvalue weighted by atomic mass is 10.2. The number of fused-ring (bicyclic) bond motifs is 3. The van der Waals surface area contributed by atoms with Gasteiger partial charge < -0.3 is 14.5 Å². The number of nitrogens with one attached hydrogen (secondary N) is 1. The van der Waals surface area contributed by atoms with E-state index in [-0.39, 0.29) is 33.9 Å². The Balaban J connectivity index is 1.45. The number of halogens is 2. The SMILES string of the molecule is O=C(CSc1nc2c(oc3ccccc32)c(=O)n1C[C@@H]1CCCO1)Nc1ccc(F)c(Cl)c1. The van der Waals surface area contributed by atoms with Crippen molar-refractivity contribution in [3.05, 3.63) is 63.7 Å². The maximum absolute atomic E-state index is 13.4. The highest BCUT2D eigenvalue weighted by molar-refractivity contribution is 7.99. The summed E-state index contributed by atoms with van der Waals surface area (Å²) in [6, 6.07) is 11.3. The Labute approximate surface area is 196 Å². The molecule has 7 nitrogen and oxygen atoms in total. The van der Waals surface area contributed by atoms with E-state index in [1.807, 2.05) is 18.2 Å². The number of furan rings is 1. The predicted molar refractivity (Wildman–Crippen MR) is 126 cm³/mol. The molecule has 4 aromatic rings. The second kappa shape index (κ2) is 9.17. The molecular weight excluding hydrogens is 469 g/mol. The van der Waals surface area contributed by atoms with E-state index >= 15 is 0 Å². The number of rotatable bonds is 6. The Morgan fingerprint density at radius 3 is 2.94 bits per heavy atom. The van der Waals surface area contributed by atoms with E-state index in [2.05, 4.69) is 5.32 Å². The first kappa shape index (κ1) is 21.9. The minimum absolute atomic E-state index is 0.00570. The van der Waals surface area contributed by atoms with Crippen LogP contribution < -0.4 is 10.9 Å². The van der Waals surface area contributed by atoms with Crippen molar-refractivity contribution in [1.82, 2.24) is 9.55 Å². The number of anilines is 1. The van der Waals surface area contributed by atoms with E-state index in [1.54, 1.807) is 6.07 Å². The van der Waals surface area contributed by atoms with Crippen LogP contribution in [0.2, 0.25) is 5.02 Å². The topological polar surface area (TPSA) is 86.4 Å². The van der Waals surface area contributed by atoms with Crippen LogP contribution in [0.15, 0.2) is 56.8 Å². The number of benzene rings is 2. The summed E-state index contributed by atoms with van der Waals surface area (Å²) in [5, 5.41) is 3.74. The number of ether oxygens (including phenoxy) is 1. The van der Waals surface area contributed by atoms with Gasteiger partial charge in [-0.1, -0.05) is 35.5 Å². The Morgan fingerprint density at radius 1 is 1.30 bits per heavy atom. The molecule has 2 aromatic heterocycles. The zero-order valence-electron chi connectivity index (χ0n) is 17.3. The molecule has 1 aliphatic rings. The first-order valence-electron chi connectivity index (χ1n) is 10.4. The van der Waals surface area contributed by atoms with Gasteiger partial charge in [0, 0.05) is 17.7 Å². The van der Waals surface area contributed by atoms with Crippen molar-refractivity contribution in [3.8, 4) is 0 Å². The van der Waals surface area contributed by atoms with E-state index in [4.69, 9.17) is 25.7 Å². The zero-order chi connectivity index (χ0) is 22.9.